The Morgan fingerprint density at radius 2 is 1.95 bits per heavy atom. The van der Waals surface area contributed by atoms with Crippen LogP contribution in [0.3, 0.4) is 0 Å². The lowest BCUT2D eigenvalue weighted by atomic mass is 10.1. The van der Waals surface area contributed by atoms with Gasteiger partial charge in [0.25, 0.3) is 0 Å². The molecule has 0 spiro atoms. The van der Waals surface area contributed by atoms with Gasteiger partial charge in [0.05, 0.1) is 0 Å². The monoisotopic (exact) mass is 266 g/mol. The van der Waals surface area contributed by atoms with Gasteiger partial charge in [0.15, 0.2) is 0 Å². The highest BCUT2D eigenvalue weighted by molar-refractivity contribution is 5.73. The van der Waals surface area contributed by atoms with Gasteiger partial charge in [-0.1, -0.05) is 31.9 Å². The molecule has 0 aliphatic carbocycles. The van der Waals surface area contributed by atoms with Gasteiger partial charge in [-0.05, 0) is 30.5 Å². The van der Waals surface area contributed by atoms with E-state index in [2.05, 4.69) is 17.8 Å². The summed E-state index contributed by atoms with van der Waals surface area (Å²) in [5.41, 5.74) is 6.65. The van der Waals surface area contributed by atoms with Crippen molar-refractivity contribution in [1.82, 2.24) is 10.9 Å². The van der Waals surface area contributed by atoms with Crippen LogP contribution in [0.2, 0.25) is 0 Å². The molecule has 1 rings (SSSR count). The van der Waals surface area contributed by atoms with Gasteiger partial charge in [0.1, 0.15) is 11.8 Å². The Hall–Kier alpha value is -1.59. The first-order valence-corrected chi connectivity index (χ1v) is 6.62. The van der Waals surface area contributed by atoms with Crippen molar-refractivity contribution in [1.29, 1.82) is 0 Å². The Balaban J connectivity index is 2.40. The van der Waals surface area contributed by atoms with Crippen molar-refractivity contribution in [2.75, 3.05) is 6.54 Å². The number of hydrazine groups is 1. The van der Waals surface area contributed by atoms with Crippen molar-refractivity contribution in [3.8, 4) is 5.75 Å². The number of carbonyl (C=O) groups is 1. The maximum atomic E-state index is 11.1. The van der Waals surface area contributed by atoms with Crippen LogP contribution in [0, 0.1) is 0 Å². The lowest BCUT2D eigenvalue weighted by molar-refractivity contribution is -0.139. The lowest BCUT2D eigenvalue weighted by Crippen LogP contribution is -2.47. The molecular weight excluding hydrogens is 244 g/mol. The second-order valence-electron chi connectivity index (χ2n) is 4.54. The van der Waals surface area contributed by atoms with E-state index < -0.39 is 12.0 Å². The topological polar surface area (TPSA) is 81.6 Å². The predicted molar refractivity (Wildman–Crippen MR) is 73.9 cm³/mol. The molecule has 0 heterocycles. The van der Waals surface area contributed by atoms with E-state index >= 15 is 0 Å². The number of carboxylic acids is 1. The van der Waals surface area contributed by atoms with Gasteiger partial charge in [-0.25, -0.2) is 5.43 Å². The average molecular weight is 266 g/mol. The number of phenolic OH excluding ortho intramolecular Hbond substituents is 1. The first kappa shape index (κ1) is 15.5. The minimum atomic E-state index is -0.893. The predicted octanol–water partition coefficient (Wildman–Crippen LogP) is 1.67. The van der Waals surface area contributed by atoms with E-state index in [-0.39, 0.29) is 5.75 Å². The molecule has 4 N–H and O–H groups in total. The van der Waals surface area contributed by atoms with Crippen LogP contribution in [-0.4, -0.2) is 28.8 Å². The summed E-state index contributed by atoms with van der Waals surface area (Å²) < 4.78 is 0. The number of unbranched alkanes of at least 4 members (excludes halogenated alkanes) is 2. The molecule has 19 heavy (non-hydrogen) atoms. The van der Waals surface area contributed by atoms with E-state index in [1.807, 2.05) is 0 Å². The number of benzene rings is 1. The number of aliphatic carboxylic acids is 1. The van der Waals surface area contributed by atoms with Crippen molar-refractivity contribution in [3.63, 3.8) is 0 Å². The van der Waals surface area contributed by atoms with Gasteiger partial charge in [-0.15, -0.1) is 0 Å². The van der Waals surface area contributed by atoms with Crippen LogP contribution >= 0.6 is 0 Å². The Morgan fingerprint density at radius 1 is 1.26 bits per heavy atom. The molecule has 0 saturated carbocycles. The van der Waals surface area contributed by atoms with Gasteiger partial charge in [0.2, 0.25) is 0 Å². The summed E-state index contributed by atoms with van der Waals surface area (Å²) in [5, 5.41) is 18.3. The lowest BCUT2D eigenvalue weighted by Gasteiger charge is -2.15. The number of aromatic hydroxyl groups is 1. The van der Waals surface area contributed by atoms with Crippen molar-refractivity contribution in [2.45, 2.75) is 38.6 Å². The molecule has 1 aromatic carbocycles. The number of nitrogens with one attached hydrogen (secondary N) is 2. The molecular formula is C14H22N2O3. The highest BCUT2D eigenvalue weighted by Crippen LogP contribution is 2.11. The smallest absolute Gasteiger partial charge is 0.322 e. The third-order valence-corrected chi connectivity index (χ3v) is 2.86. The molecule has 106 valence electrons. The number of phenols is 1. The molecule has 0 bridgehead atoms. The third-order valence-electron chi connectivity index (χ3n) is 2.86. The van der Waals surface area contributed by atoms with E-state index in [0.717, 1.165) is 31.4 Å². The summed E-state index contributed by atoms with van der Waals surface area (Å²) in [7, 11) is 0. The molecule has 0 fully saturated rings. The molecule has 0 radical (unpaired) electrons. The molecule has 0 aromatic heterocycles. The van der Waals surface area contributed by atoms with Gasteiger partial charge in [0, 0.05) is 6.54 Å². The maximum absolute atomic E-state index is 11.1. The molecule has 5 heteroatoms. The summed E-state index contributed by atoms with van der Waals surface area (Å²) >= 11 is 0. The number of rotatable bonds is 9. The summed E-state index contributed by atoms with van der Waals surface area (Å²) in [5.74, 6) is -0.711. The zero-order valence-electron chi connectivity index (χ0n) is 11.2. The van der Waals surface area contributed by atoms with Crippen molar-refractivity contribution in [3.05, 3.63) is 29.8 Å². The fourth-order valence-corrected chi connectivity index (χ4v) is 1.73. The molecule has 0 aliphatic rings. The highest BCUT2D eigenvalue weighted by Gasteiger charge is 2.16. The van der Waals surface area contributed by atoms with E-state index in [0.29, 0.717) is 6.42 Å². The molecule has 1 aromatic rings. The van der Waals surface area contributed by atoms with E-state index in [1.54, 1.807) is 24.3 Å². The van der Waals surface area contributed by atoms with Crippen LogP contribution in [0.15, 0.2) is 24.3 Å². The van der Waals surface area contributed by atoms with Crippen molar-refractivity contribution < 1.29 is 15.0 Å². The quantitative estimate of drug-likeness (QED) is 0.404. The van der Waals surface area contributed by atoms with Crippen LogP contribution in [0.1, 0.15) is 31.7 Å². The van der Waals surface area contributed by atoms with Gasteiger partial charge in [-0.3, -0.25) is 10.2 Å². The summed E-state index contributed by atoms with van der Waals surface area (Å²) in [6, 6.07) is 5.89. The fourth-order valence-electron chi connectivity index (χ4n) is 1.73. The number of carboxylic acid groups (broad SMARTS) is 1. The van der Waals surface area contributed by atoms with Crippen LogP contribution in [0.5, 0.6) is 5.75 Å². The fraction of sp³-hybridized carbons (Fsp3) is 0.500. The highest BCUT2D eigenvalue weighted by atomic mass is 16.4. The Morgan fingerprint density at radius 3 is 2.53 bits per heavy atom. The van der Waals surface area contributed by atoms with Gasteiger partial charge in [-0.2, -0.15) is 0 Å². The standard InChI is InChI=1S/C14H22N2O3/c1-2-3-4-9-15-16-13(14(18)19)10-11-5-7-12(17)8-6-11/h5-8,13,15-17H,2-4,9-10H2,1H3,(H,18,19). The first-order chi connectivity index (χ1) is 9.13. The first-order valence-electron chi connectivity index (χ1n) is 6.62. The van der Waals surface area contributed by atoms with Crippen LogP contribution in [-0.2, 0) is 11.2 Å². The van der Waals surface area contributed by atoms with Crippen LogP contribution in [0.4, 0.5) is 0 Å². The molecule has 1 atom stereocenters. The Kier molecular flexibility index (Phi) is 6.92. The van der Waals surface area contributed by atoms with Gasteiger partial charge >= 0.3 is 5.97 Å². The Bertz CT molecular complexity index is 379. The number of hydrogen-bond acceptors (Lipinski definition) is 4. The molecule has 0 aliphatic heterocycles. The second-order valence-corrected chi connectivity index (χ2v) is 4.54. The minimum Gasteiger partial charge on any atom is -0.508 e. The van der Waals surface area contributed by atoms with E-state index in [4.69, 9.17) is 5.11 Å². The SMILES string of the molecule is CCCCCNNC(Cc1ccc(O)cc1)C(=O)O. The second kappa shape index (κ2) is 8.50. The third kappa shape index (κ3) is 6.22. The summed E-state index contributed by atoms with van der Waals surface area (Å²) in [6.45, 7) is 2.88. The maximum Gasteiger partial charge on any atom is 0.322 e. The molecule has 0 amide bonds. The van der Waals surface area contributed by atoms with Crippen LogP contribution in [0.25, 0.3) is 0 Å². The average Bonchev–Trinajstić information content (AvgIpc) is 2.39. The van der Waals surface area contributed by atoms with Gasteiger partial charge < -0.3 is 10.2 Å². The molecule has 0 saturated heterocycles. The largest absolute Gasteiger partial charge is 0.508 e. The molecule has 1 unspecified atom stereocenters. The zero-order chi connectivity index (χ0) is 14.1. The van der Waals surface area contributed by atoms with Crippen molar-refractivity contribution in [2.24, 2.45) is 0 Å². The Labute approximate surface area is 113 Å². The minimum absolute atomic E-state index is 0.182. The van der Waals surface area contributed by atoms with E-state index in [9.17, 15) is 9.90 Å². The number of hydrogen-bond donors (Lipinski definition) is 4. The summed E-state index contributed by atoms with van der Waals surface area (Å²) in [4.78, 5) is 11.1. The zero-order valence-corrected chi connectivity index (χ0v) is 11.2. The summed E-state index contributed by atoms with van der Waals surface area (Å²) in [6.07, 6.45) is 3.66. The van der Waals surface area contributed by atoms with E-state index in [1.165, 1.54) is 0 Å². The van der Waals surface area contributed by atoms with Crippen molar-refractivity contribution >= 4 is 5.97 Å². The molecule has 5 nitrogen and oxygen atoms in total. The van der Waals surface area contributed by atoms with Crippen LogP contribution < -0.4 is 10.9 Å². The normalized spacial score (nSPS) is 12.3.